The fourth-order valence-corrected chi connectivity index (χ4v) is 3.60. The lowest BCUT2D eigenvalue weighted by atomic mass is 9.88. The van der Waals surface area contributed by atoms with Gasteiger partial charge in [0.05, 0.1) is 0 Å². The first-order valence-electron chi connectivity index (χ1n) is 5.66. The summed E-state index contributed by atoms with van der Waals surface area (Å²) in [5, 5.41) is -0.359. The second-order valence-electron chi connectivity index (χ2n) is 4.34. The summed E-state index contributed by atoms with van der Waals surface area (Å²) < 4.78 is 25.0. The van der Waals surface area contributed by atoms with Crippen LogP contribution in [0.2, 0.25) is 0 Å². The molecule has 1 unspecified atom stereocenters. The molecule has 0 fully saturated rings. The predicted octanol–water partition coefficient (Wildman–Crippen LogP) is 2.52. The van der Waals surface area contributed by atoms with Crippen LogP contribution in [0, 0.1) is 0 Å². The Hall–Kier alpha value is -0.580. The van der Waals surface area contributed by atoms with Crippen LogP contribution in [0.3, 0.4) is 0 Å². The zero-order valence-corrected chi connectivity index (χ0v) is 11.3. The van der Waals surface area contributed by atoms with Crippen LogP contribution in [0.15, 0.2) is 24.3 Å². The van der Waals surface area contributed by atoms with Gasteiger partial charge in [-0.15, -0.1) is 11.6 Å². The predicted molar refractivity (Wildman–Crippen MR) is 69.5 cm³/mol. The van der Waals surface area contributed by atoms with Crippen molar-refractivity contribution >= 4 is 21.6 Å². The molecule has 5 heteroatoms. The summed E-state index contributed by atoms with van der Waals surface area (Å²) in [5.41, 5.74) is 2.37. The van der Waals surface area contributed by atoms with Gasteiger partial charge in [-0.25, -0.2) is 8.42 Å². The molecule has 0 aromatic heterocycles. The first-order valence-corrected chi connectivity index (χ1v) is 7.80. The average molecular weight is 274 g/mol. The number of rotatable bonds is 3. The van der Waals surface area contributed by atoms with E-state index in [1.807, 2.05) is 18.2 Å². The minimum atomic E-state index is -3.34. The van der Waals surface area contributed by atoms with Crippen molar-refractivity contribution in [1.82, 2.24) is 4.31 Å². The molecular formula is C12H16ClNO2S. The number of benzene rings is 1. The third-order valence-corrected chi connectivity index (χ3v) is 5.59. The molecule has 0 amide bonds. The number of aryl methyl sites for hydroxylation is 1. The number of alkyl halides is 1. The van der Waals surface area contributed by atoms with E-state index in [4.69, 9.17) is 11.6 Å². The average Bonchev–Trinajstić information content (AvgIpc) is 2.37. The number of nitrogens with zero attached hydrogens (tertiary/aromatic N) is 1. The summed E-state index contributed by atoms with van der Waals surface area (Å²) in [6, 6.07) is 7.97. The molecule has 0 spiro atoms. The highest BCUT2D eigenvalue weighted by molar-refractivity contribution is 7.90. The number of fused-ring (bicyclic) bond motifs is 1. The maximum Gasteiger partial charge on any atom is 0.228 e. The van der Waals surface area contributed by atoms with Crippen LogP contribution >= 0.6 is 11.6 Å². The molecule has 1 aliphatic carbocycles. The Morgan fingerprint density at radius 3 is 2.82 bits per heavy atom. The molecule has 1 aromatic rings. The highest BCUT2D eigenvalue weighted by Crippen LogP contribution is 2.34. The van der Waals surface area contributed by atoms with E-state index in [0.29, 0.717) is 0 Å². The Morgan fingerprint density at radius 1 is 1.41 bits per heavy atom. The van der Waals surface area contributed by atoms with E-state index >= 15 is 0 Å². The smallest absolute Gasteiger partial charge is 0.211 e. The van der Waals surface area contributed by atoms with Crippen LogP contribution in [0.25, 0.3) is 0 Å². The van der Waals surface area contributed by atoms with Gasteiger partial charge in [-0.05, 0) is 30.4 Å². The van der Waals surface area contributed by atoms with Gasteiger partial charge in [-0.3, -0.25) is 0 Å². The summed E-state index contributed by atoms with van der Waals surface area (Å²) in [6.45, 7) is 0. The van der Waals surface area contributed by atoms with E-state index in [2.05, 4.69) is 6.07 Å². The van der Waals surface area contributed by atoms with E-state index in [0.717, 1.165) is 24.8 Å². The van der Waals surface area contributed by atoms with Crippen LogP contribution in [0.4, 0.5) is 0 Å². The summed E-state index contributed by atoms with van der Waals surface area (Å²) in [7, 11) is -1.73. The quantitative estimate of drug-likeness (QED) is 0.794. The van der Waals surface area contributed by atoms with Gasteiger partial charge in [0.15, 0.2) is 0 Å². The van der Waals surface area contributed by atoms with Crippen LogP contribution in [0.1, 0.15) is 30.0 Å². The fraction of sp³-hybridized carbons (Fsp3) is 0.500. The second kappa shape index (κ2) is 4.96. The van der Waals surface area contributed by atoms with Gasteiger partial charge in [-0.2, -0.15) is 4.31 Å². The molecule has 1 atom stereocenters. The third kappa shape index (κ3) is 2.49. The zero-order valence-electron chi connectivity index (χ0n) is 9.77. The molecule has 3 nitrogen and oxygen atoms in total. The van der Waals surface area contributed by atoms with Gasteiger partial charge in [0.2, 0.25) is 10.0 Å². The lowest BCUT2D eigenvalue weighted by Gasteiger charge is -2.32. The van der Waals surface area contributed by atoms with Gasteiger partial charge >= 0.3 is 0 Å². The van der Waals surface area contributed by atoms with Crippen molar-refractivity contribution in [2.45, 2.75) is 25.3 Å². The Morgan fingerprint density at radius 2 is 2.12 bits per heavy atom. The van der Waals surface area contributed by atoms with Crippen molar-refractivity contribution < 1.29 is 8.42 Å². The Kier molecular flexibility index (Phi) is 3.76. The lowest BCUT2D eigenvalue weighted by molar-refractivity contribution is 0.339. The minimum Gasteiger partial charge on any atom is -0.211 e. The van der Waals surface area contributed by atoms with Crippen molar-refractivity contribution in [1.29, 1.82) is 0 Å². The number of sulfonamides is 1. The molecule has 0 aliphatic heterocycles. The largest absolute Gasteiger partial charge is 0.228 e. The maximum absolute atomic E-state index is 11.8. The number of halogens is 1. The van der Waals surface area contributed by atoms with Crippen LogP contribution in [0.5, 0.6) is 0 Å². The number of hydrogen-bond acceptors (Lipinski definition) is 2. The third-order valence-electron chi connectivity index (χ3n) is 3.35. The van der Waals surface area contributed by atoms with E-state index in [9.17, 15) is 8.42 Å². The molecule has 17 heavy (non-hydrogen) atoms. The standard InChI is InChI=1S/C12H16ClNO2S/c1-14(17(15,16)9-13)12-8-4-6-10-5-2-3-7-11(10)12/h2-3,5,7,12H,4,6,8-9H2,1H3. The van der Waals surface area contributed by atoms with E-state index in [1.165, 1.54) is 9.87 Å². The molecule has 0 saturated heterocycles. The molecule has 0 saturated carbocycles. The highest BCUT2D eigenvalue weighted by Gasteiger charge is 2.29. The monoisotopic (exact) mass is 273 g/mol. The van der Waals surface area contributed by atoms with Crippen molar-refractivity contribution in [3.05, 3.63) is 35.4 Å². The zero-order chi connectivity index (χ0) is 12.5. The summed E-state index contributed by atoms with van der Waals surface area (Å²) in [6.07, 6.45) is 2.91. The SMILES string of the molecule is CN(C1CCCc2ccccc21)S(=O)(=O)CCl. The van der Waals surface area contributed by atoms with E-state index in [-0.39, 0.29) is 11.3 Å². The molecule has 0 N–H and O–H groups in total. The van der Waals surface area contributed by atoms with Gasteiger partial charge in [-0.1, -0.05) is 24.3 Å². The number of hydrogen-bond donors (Lipinski definition) is 0. The van der Waals surface area contributed by atoms with Gasteiger partial charge in [0.1, 0.15) is 5.21 Å². The lowest BCUT2D eigenvalue weighted by Crippen LogP contribution is -2.33. The molecule has 2 rings (SSSR count). The van der Waals surface area contributed by atoms with E-state index in [1.54, 1.807) is 7.05 Å². The molecule has 0 bridgehead atoms. The Balaban J connectivity index is 2.36. The first kappa shape index (κ1) is 12.9. The second-order valence-corrected chi connectivity index (χ2v) is 6.96. The maximum atomic E-state index is 11.8. The van der Waals surface area contributed by atoms with Gasteiger partial charge in [0, 0.05) is 13.1 Å². The van der Waals surface area contributed by atoms with Crippen molar-refractivity contribution in [3.8, 4) is 0 Å². The minimum absolute atomic E-state index is 0.0660. The normalized spacial score (nSPS) is 20.3. The summed E-state index contributed by atoms with van der Waals surface area (Å²) in [5.74, 6) is 0. The van der Waals surface area contributed by atoms with Gasteiger partial charge < -0.3 is 0 Å². The highest BCUT2D eigenvalue weighted by atomic mass is 35.5. The van der Waals surface area contributed by atoms with Crippen molar-refractivity contribution in [2.24, 2.45) is 0 Å². The topological polar surface area (TPSA) is 37.4 Å². The molecule has 1 aromatic carbocycles. The van der Waals surface area contributed by atoms with Crippen LogP contribution < -0.4 is 0 Å². The fourth-order valence-electron chi connectivity index (χ4n) is 2.38. The molecule has 1 aliphatic rings. The Labute approximate surface area is 107 Å². The summed E-state index contributed by atoms with van der Waals surface area (Å²) in [4.78, 5) is 0. The molecular weight excluding hydrogens is 258 g/mol. The molecule has 94 valence electrons. The van der Waals surface area contributed by atoms with Crippen molar-refractivity contribution in [2.75, 3.05) is 12.3 Å². The summed E-state index contributed by atoms with van der Waals surface area (Å²) >= 11 is 5.50. The van der Waals surface area contributed by atoms with Crippen molar-refractivity contribution in [3.63, 3.8) is 0 Å². The van der Waals surface area contributed by atoms with Gasteiger partial charge in [0.25, 0.3) is 0 Å². The molecule has 0 radical (unpaired) electrons. The van der Waals surface area contributed by atoms with Crippen LogP contribution in [-0.4, -0.2) is 25.0 Å². The first-order chi connectivity index (χ1) is 8.06. The molecule has 0 heterocycles. The Bertz CT molecular complexity index is 501. The van der Waals surface area contributed by atoms with E-state index < -0.39 is 10.0 Å². The van der Waals surface area contributed by atoms with Crippen LogP contribution in [-0.2, 0) is 16.4 Å².